The predicted molar refractivity (Wildman–Crippen MR) is 69.1 cm³/mol. The second-order valence-corrected chi connectivity index (χ2v) is 4.82. The first-order valence-corrected chi connectivity index (χ1v) is 6.44. The van der Waals surface area contributed by atoms with Gasteiger partial charge in [-0.3, -0.25) is 4.79 Å². The van der Waals surface area contributed by atoms with E-state index in [1.165, 1.54) is 18.9 Å². The van der Waals surface area contributed by atoms with Crippen LogP contribution in [0.3, 0.4) is 0 Å². The van der Waals surface area contributed by atoms with Crippen molar-refractivity contribution in [2.45, 2.75) is 32.2 Å². The van der Waals surface area contributed by atoms with Crippen molar-refractivity contribution in [1.82, 2.24) is 10.6 Å². The van der Waals surface area contributed by atoms with E-state index in [-0.39, 0.29) is 11.7 Å². The van der Waals surface area contributed by atoms with E-state index >= 15 is 0 Å². The van der Waals surface area contributed by atoms with Gasteiger partial charge in [-0.05, 0) is 44.0 Å². The van der Waals surface area contributed by atoms with Crippen LogP contribution in [0.2, 0.25) is 0 Å². The zero-order valence-electron chi connectivity index (χ0n) is 10.6. The van der Waals surface area contributed by atoms with E-state index in [9.17, 15) is 9.18 Å². The van der Waals surface area contributed by atoms with Gasteiger partial charge in [0.15, 0.2) is 0 Å². The van der Waals surface area contributed by atoms with Crippen LogP contribution in [0.25, 0.3) is 0 Å². The summed E-state index contributed by atoms with van der Waals surface area (Å²) in [5.74, 6) is -0.542. The number of carbonyl (C=O) groups is 1. The average Bonchev–Trinajstić information content (AvgIpc) is 2.40. The molecule has 1 aromatic carbocycles. The Balaban J connectivity index is 1.88. The van der Waals surface area contributed by atoms with Crippen molar-refractivity contribution in [3.05, 3.63) is 35.1 Å². The Labute approximate surface area is 107 Å². The summed E-state index contributed by atoms with van der Waals surface area (Å²) in [6, 6.07) is 4.92. The molecule has 0 bridgehead atoms. The number of nitrogens with one attached hydrogen (secondary N) is 2. The summed E-state index contributed by atoms with van der Waals surface area (Å²) < 4.78 is 13.3. The number of hydrogen-bond donors (Lipinski definition) is 2. The largest absolute Gasteiger partial charge is 0.350 e. The first-order chi connectivity index (χ1) is 8.66. The molecule has 0 saturated carbocycles. The first kappa shape index (κ1) is 13.0. The highest BCUT2D eigenvalue weighted by Gasteiger charge is 2.14. The highest BCUT2D eigenvalue weighted by Crippen LogP contribution is 2.10. The minimum Gasteiger partial charge on any atom is -0.350 e. The lowest BCUT2D eigenvalue weighted by Gasteiger charge is -2.23. The number of benzene rings is 1. The molecule has 1 heterocycles. The predicted octanol–water partition coefficient (Wildman–Crippen LogP) is 2.01. The van der Waals surface area contributed by atoms with Crippen LogP contribution >= 0.6 is 0 Å². The third kappa shape index (κ3) is 3.29. The summed E-state index contributed by atoms with van der Waals surface area (Å²) >= 11 is 0. The summed E-state index contributed by atoms with van der Waals surface area (Å²) in [5, 5.41) is 6.20. The van der Waals surface area contributed by atoms with Gasteiger partial charge >= 0.3 is 0 Å². The van der Waals surface area contributed by atoms with Gasteiger partial charge in [0.25, 0.3) is 5.91 Å². The van der Waals surface area contributed by atoms with Crippen molar-refractivity contribution < 1.29 is 9.18 Å². The van der Waals surface area contributed by atoms with Crippen molar-refractivity contribution >= 4 is 5.91 Å². The number of halogens is 1. The maximum Gasteiger partial charge on any atom is 0.251 e. The van der Waals surface area contributed by atoms with E-state index in [2.05, 4.69) is 10.6 Å². The SMILES string of the molecule is Cc1ccc(C(=O)NCC2CCCCN2)cc1F. The Morgan fingerprint density at radius 1 is 1.50 bits per heavy atom. The van der Waals surface area contributed by atoms with Crippen LogP contribution in [0.1, 0.15) is 35.2 Å². The topological polar surface area (TPSA) is 41.1 Å². The number of carbonyl (C=O) groups excluding carboxylic acids is 1. The smallest absolute Gasteiger partial charge is 0.251 e. The lowest BCUT2D eigenvalue weighted by Crippen LogP contribution is -2.43. The summed E-state index contributed by atoms with van der Waals surface area (Å²) in [6.45, 7) is 3.30. The van der Waals surface area contributed by atoms with Crippen LogP contribution in [0.4, 0.5) is 4.39 Å². The fourth-order valence-electron chi connectivity index (χ4n) is 2.15. The molecule has 0 aliphatic carbocycles. The van der Waals surface area contributed by atoms with Crippen molar-refractivity contribution in [2.24, 2.45) is 0 Å². The van der Waals surface area contributed by atoms with Crippen molar-refractivity contribution in [3.8, 4) is 0 Å². The minimum absolute atomic E-state index is 0.207. The van der Waals surface area contributed by atoms with E-state index in [0.29, 0.717) is 23.7 Å². The highest BCUT2D eigenvalue weighted by atomic mass is 19.1. The molecule has 1 saturated heterocycles. The third-order valence-electron chi connectivity index (χ3n) is 3.36. The number of amides is 1. The molecule has 3 nitrogen and oxygen atoms in total. The molecule has 1 aliphatic rings. The quantitative estimate of drug-likeness (QED) is 0.861. The van der Waals surface area contributed by atoms with Gasteiger partial charge in [0.1, 0.15) is 5.82 Å². The molecule has 1 aliphatic heterocycles. The molecule has 1 atom stereocenters. The third-order valence-corrected chi connectivity index (χ3v) is 3.36. The molecule has 1 unspecified atom stereocenters. The standard InChI is InChI=1S/C14H19FN2O/c1-10-5-6-11(8-13(10)15)14(18)17-9-12-4-2-3-7-16-12/h5-6,8,12,16H,2-4,7,9H2,1H3,(H,17,18). The van der Waals surface area contributed by atoms with Crippen LogP contribution in [-0.4, -0.2) is 25.0 Å². The summed E-state index contributed by atoms with van der Waals surface area (Å²) in [4.78, 5) is 11.8. The molecule has 2 N–H and O–H groups in total. The maximum absolute atomic E-state index is 13.3. The van der Waals surface area contributed by atoms with E-state index in [0.717, 1.165) is 13.0 Å². The number of aryl methyl sites for hydroxylation is 1. The molecular weight excluding hydrogens is 231 g/mol. The van der Waals surface area contributed by atoms with Gasteiger partial charge in [-0.15, -0.1) is 0 Å². The van der Waals surface area contributed by atoms with E-state index in [1.807, 2.05) is 0 Å². The molecule has 4 heteroatoms. The van der Waals surface area contributed by atoms with Gasteiger partial charge in [0.05, 0.1) is 0 Å². The lowest BCUT2D eigenvalue weighted by atomic mass is 10.0. The Hall–Kier alpha value is -1.42. The summed E-state index contributed by atoms with van der Waals surface area (Å²) in [5.41, 5.74) is 0.939. The molecule has 1 fully saturated rings. The minimum atomic E-state index is -0.335. The van der Waals surface area contributed by atoms with Gasteiger partial charge in [-0.25, -0.2) is 4.39 Å². The first-order valence-electron chi connectivity index (χ1n) is 6.44. The molecule has 98 valence electrons. The summed E-state index contributed by atoms with van der Waals surface area (Å²) in [6.07, 6.45) is 3.49. The van der Waals surface area contributed by atoms with Crippen molar-refractivity contribution in [1.29, 1.82) is 0 Å². The molecular formula is C14H19FN2O. The van der Waals surface area contributed by atoms with E-state index < -0.39 is 0 Å². The highest BCUT2D eigenvalue weighted by molar-refractivity contribution is 5.94. The second-order valence-electron chi connectivity index (χ2n) is 4.82. The zero-order valence-corrected chi connectivity index (χ0v) is 10.6. The Kier molecular flexibility index (Phi) is 4.31. The Morgan fingerprint density at radius 3 is 3.00 bits per heavy atom. The van der Waals surface area contributed by atoms with Gasteiger partial charge in [0.2, 0.25) is 0 Å². The van der Waals surface area contributed by atoms with Gasteiger partial charge in [-0.2, -0.15) is 0 Å². The monoisotopic (exact) mass is 250 g/mol. The van der Waals surface area contributed by atoms with Crippen molar-refractivity contribution in [3.63, 3.8) is 0 Å². The zero-order chi connectivity index (χ0) is 13.0. The van der Waals surface area contributed by atoms with Crippen LogP contribution in [0.5, 0.6) is 0 Å². The van der Waals surface area contributed by atoms with Crippen LogP contribution in [0, 0.1) is 12.7 Å². The van der Waals surface area contributed by atoms with Crippen LogP contribution in [0.15, 0.2) is 18.2 Å². The van der Waals surface area contributed by atoms with E-state index in [1.54, 1.807) is 19.1 Å². The fraction of sp³-hybridized carbons (Fsp3) is 0.500. The number of hydrogen-bond acceptors (Lipinski definition) is 2. The molecule has 1 aromatic rings. The normalized spacial score (nSPS) is 19.6. The van der Waals surface area contributed by atoms with Crippen molar-refractivity contribution in [2.75, 3.05) is 13.1 Å². The van der Waals surface area contributed by atoms with Crippen LogP contribution < -0.4 is 10.6 Å². The van der Waals surface area contributed by atoms with Crippen LogP contribution in [-0.2, 0) is 0 Å². The van der Waals surface area contributed by atoms with Gasteiger partial charge < -0.3 is 10.6 Å². The average molecular weight is 250 g/mol. The maximum atomic E-state index is 13.3. The molecule has 18 heavy (non-hydrogen) atoms. The van der Waals surface area contributed by atoms with Gasteiger partial charge in [0, 0.05) is 18.2 Å². The van der Waals surface area contributed by atoms with E-state index in [4.69, 9.17) is 0 Å². The summed E-state index contributed by atoms with van der Waals surface area (Å²) in [7, 11) is 0. The molecule has 1 amide bonds. The fourth-order valence-corrected chi connectivity index (χ4v) is 2.15. The second kappa shape index (κ2) is 5.96. The number of rotatable bonds is 3. The Morgan fingerprint density at radius 2 is 2.33 bits per heavy atom. The lowest BCUT2D eigenvalue weighted by molar-refractivity contribution is 0.0947. The number of piperidine rings is 1. The molecule has 0 spiro atoms. The Bertz CT molecular complexity index is 428. The van der Waals surface area contributed by atoms with Gasteiger partial charge in [-0.1, -0.05) is 12.5 Å². The molecule has 0 radical (unpaired) electrons. The molecule has 2 rings (SSSR count). The molecule has 0 aromatic heterocycles.